The van der Waals surface area contributed by atoms with Crippen molar-refractivity contribution in [1.29, 1.82) is 0 Å². The smallest absolute Gasteiger partial charge is 0.184 e. The van der Waals surface area contributed by atoms with Gasteiger partial charge in [-0.05, 0) is 38.0 Å². The molecule has 0 atom stereocenters. The van der Waals surface area contributed by atoms with Crippen LogP contribution >= 0.6 is 0 Å². The van der Waals surface area contributed by atoms with E-state index in [9.17, 15) is 0 Å². The molecule has 6 nitrogen and oxygen atoms in total. The summed E-state index contributed by atoms with van der Waals surface area (Å²) in [6, 6.07) is 15.1. The molecule has 1 aromatic carbocycles. The lowest BCUT2D eigenvalue weighted by atomic mass is 10.1. The highest BCUT2D eigenvalue weighted by atomic mass is 15.4. The predicted molar refractivity (Wildman–Crippen MR) is 120 cm³/mol. The van der Waals surface area contributed by atoms with Crippen LogP contribution in [0.3, 0.4) is 0 Å². The average Bonchev–Trinajstić information content (AvgIpc) is 3.11. The minimum absolute atomic E-state index is 0.791. The molecular formula is C24H29N6+. The first-order valence-electron chi connectivity index (χ1n) is 10.9. The Labute approximate surface area is 177 Å². The lowest BCUT2D eigenvalue weighted by molar-refractivity contribution is -0.900. The summed E-state index contributed by atoms with van der Waals surface area (Å²) in [5, 5.41) is 5.91. The number of nitrogens with one attached hydrogen (secondary N) is 1. The van der Waals surface area contributed by atoms with E-state index in [-0.39, 0.29) is 0 Å². The van der Waals surface area contributed by atoms with Gasteiger partial charge >= 0.3 is 0 Å². The summed E-state index contributed by atoms with van der Waals surface area (Å²) in [5.74, 6) is 1.13. The summed E-state index contributed by atoms with van der Waals surface area (Å²) in [5.41, 5.74) is 6.35. The standard InChI is InChI=1S/C24H28N6/c1-17-15-18(2)25-23-22(17)24-26-19(3)16-21(30(24)27-23)29-13-11-28(12-14-29)10-9-20-7-5-4-6-8-20/h4-8,15-16H,9-14H2,1-3H3/p+1. The SMILES string of the molecule is Cc1cc(C)c2c(n1)nn1c(N3CC[NH+](CCc4ccccc4)CC3)cc(C)nc21. The maximum Gasteiger partial charge on any atom is 0.184 e. The van der Waals surface area contributed by atoms with E-state index in [0.717, 1.165) is 66.5 Å². The molecule has 3 aromatic heterocycles. The Kier molecular flexibility index (Phi) is 4.87. The van der Waals surface area contributed by atoms with Crippen LogP contribution in [0.2, 0.25) is 0 Å². The Bertz CT molecular complexity index is 1190. The maximum absolute atomic E-state index is 4.84. The summed E-state index contributed by atoms with van der Waals surface area (Å²) in [6.07, 6.45) is 1.14. The lowest BCUT2D eigenvalue weighted by Gasteiger charge is -2.33. The van der Waals surface area contributed by atoms with Crippen LogP contribution in [0, 0.1) is 20.8 Å². The van der Waals surface area contributed by atoms with Crippen molar-refractivity contribution in [3.05, 3.63) is 65.0 Å². The Morgan fingerprint density at radius 3 is 2.43 bits per heavy atom. The van der Waals surface area contributed by atoms with E-state index in [2.05, 4.69) is 66.2 Å². The second-order valence-electron chi connectivity index (χ2n) is 8.49. The lowest BCUT2D eigenvalue weighted by Crippen LogP contribution is -3.15. The van der Waals surface area contributed by atoms with Crippen molar-refractivity contribution in [3.63, 3.8) is 0 Å². The fraction of sp³-hybridized carbons (Fsp3) is 0.375. The Hall–Kier alpha value is -2.99. The van der Waals surface area contributed by atoms with Gasteiger partial charge in [-0.1, -0.05) is 30.3 Å². The first-order valence-corrected chi connectivity index (χ1v) is 10.9. The molecular weight excluding hydrogens is 372 g/mol. The zero-order valence-electron chi connectivity index (χ0n) is 18.0. The number of benzene rings is 1. The van der Waals surface area contributed by atoms with Gasteiger partial charge in [-0.25, -0.2) is 9.97 Å². The molecule has 0 amide bonds. The average molecular weight is 402 g/mol. The molecule has 4 heterocycles. The minimum atomic E-state index is 0.791. The largest absolute Gasteiger partial charge is 0.345 e. The zero-order valence-corrected chi connectivity index (χ0v) is 18.0. The van der Waals surface area contributed by atoms with Gasteiger partial charge in [-0.15, -0.1) is 5.10 Å². The number of aryl methyl sites for hydroxylation is 3. The highest BCUT2D eigenvalue weighted by Crippen LogP contribution is 2.26. The summed E-state index contributed by atoms with van der Waals surface area (Å²) >= 11 is 0. The molecule has 1 fully saturated rings. The van der Waals surface area contributed by atoms with Crippen molar-refractivity contribution in [1.82, 2.24) is 19.6 Å². The third kappa shape index (κ3) is 3.52. The van der Waals surface area contributed by atoms with E-state index in [1.165, 1.54) is 17.7 Å². The molecule has 5 rings (SSSR count). The fourth-order valence-corrected chi connectivity index (χ4v) is 4.62. The maximum atomic E-state index is 4.84. The summed E-state index contributed by atoms with van der Waals surface area (Å²) < 4.78 is 2.01. The number of hydrogen-bond acceptors (Lipinski definition) is 4. The molecule has 0 spiro atoms. The monoisotopic (exact) mass is 401 g/mol. The number of piperazine rings is 1. The molecule has 154 valence electrons. The molecule has 4 aromatic rings. The number of quaternary nitrogens is 1. The number of fused-ring (bicyclic) bond motifs is 3. The normalized spacial score (nSPS) is 15.4. The zero-order chi connectivity index (χ0) is 20.7. The molecule has 6 heteroatoms. The summed E-state index contributed by atoms with van der Waals surface area (Å²) in [7, 11) is 0. The van der Waals surface area contributed by atoms with E-state index in [4.69, 9.17) is 10.1 Å². The van der Waals surface area contributed by atoms with E-state index < -0.39 is 0 Å². The first-order chi connectivity index (χ1) is 14.6. The van der Waals surface area contributed by atoms with Gasteiger partial charge in [-0.2, -0.15) is 4.52 Å². The molecule has 0 aliphatic carbocycles. The van der Waals surface area contributed by atoms with Crippen molar-refractivity contribution in [2.45, 2.75) is 27.2 Å². The van der Waals surface area contributed by atoms with E-state index >= 15 is 0 Å². The van der Waals surface area contributed by atoms with Crippen LogP contribution < -0.4 is 9.80 Å². The van der Waals surface area contributed by atoms with Crippen molar-refractivity contribution in [2.24, 2.45) is 0 Å². The topological polar surface area (TPSA) is 50.8 Å². The van der Waals surface area contributed by atoms with Crippen LogP contribution in [0.15, 0.2) is 42.5 Å². The van der Waals surface area contributed by atoms with E-state index in [1.807, 2.05) is 11.4 Å². The number of pyridine rings is 1. The third-order valence-corrected chi connectivity index (χ3v) is 6.19. The Morgan fingerprint density at radius 1 is 0.933 bits per heavy atom. The number of anilines is 1. The van der Waals surface area contributed by atoms with Crippen LogP contribution in [0.4, 0.5) is 5.82 Å². The number of aromatic nitrogens is 4. The second-order valence-corrected chi connectivity index (χ2v) is 8.49. The van der Waals surface area contributed by atoms with Gasteiger partial charge in [0.15, 0.2) is 11.3 Å². The van der Waals surface area contributed by atoms with Gasteiger partial charge < -0.3 is 9.80 Å². The van der Waals surface area contributed by atoms with E-state index in [0.29, 0.717) is 0 Å². The van der Waals surface area contributed by atoms with Gasteiger partial charge in [0.1, 0.15) is 5.82 Å². The molecule has 1 saturated heterocycles. The minimum Gasteiger partial charge on any atom is -0.345 e. The van der Waals surface area contributed by atoms with Crippen LogP contribution in [-0.2, 0) is 6.42 Å². The molecule has 1 N–H and O–H groups in total. The highest BCUT2D eigenvalue weighted by molar-refractivity contribution is 5.93. The van der Waals surface area contributed by atoms with Crippen LogP contribution in [-0.4, -0.2) is 52.3 Å². The van der Waals surface area contributed by atoms with Gasteiger partial charge in [0.2, 0.25) is 0 Å². The summed E-state index contributed by atoms with van der Waals surface area (Å²) in [4.78, 5) is 13.6. The summed E-state index contributed by atoms with van der Waals surface area (Å²) in [6.45, 7) is 11.8. The van der Waals surface area contributed by atoms with Crippen LogP contribution in [0.25, 0.3) is 16.7 Å². The van der Waals surface area contributed by atoms with Crippen LogP contribution in [0.5, 0.6) is 0 Å². The van der Waals surface area contributed by atoms with Crippen molar-refractivity contribution in [3.8, 4) is 0 Å². The Balaban J connectivity index is 1.38. The number of rotatable bonds is 4. The van der Waals surface area contributed by atoms with Crippen LogP contribution in [0.1, 0.15) is 22.5 Å². The third-order valence-electron chi connectivity index (χ3n) is 6.19. The molecule has 0 unspecified atom stereocenters. The van der Waals surface area contributed by atoms with Gasteiger partial charge in [0.05, 0.1) is 38.1 Å². The van der Waals surface area contributed by atoms with Crippen molar-refractivity contribution in [2.75, 3.05) is 37.6 Å². The molecule has 0 saturated carbocycles. The van der Waals surface area contributed by atoms with Crippen molar-refractivity contribution >= 4 is 22.5 Å². The molecule has 0 radical (unpaired) electrons. The molecule has 1 aliphatic heterocycles. The fourth-order valence-electron chi connectivity index (χ4n) is 4.62. The van der Waals surface area contributed by atoms with Crippen molar-refractivity contribution < 1.29 is 4.90 Å². The van der Waals surface area contributed by atoms with Gasteiger partial charge in [-0.3, -0.25) is 0 Å². The highest BCUT2D eigenvalue weighted by Gasteiger charge is 2.24. The second kappa shape index (κ2) is 7.69. The number of nitrogens with zero attached hydrogens (tertiary/aromatic N) is 5. The quantitative estimate of drug-likeness (QED) is 0.569. The van der Waals surface area contributed by atoms with Gasteiger partial charge in [0.25, 0.3) is 0 Å². The van der Waals surface area contributed by atoms with E-state index in [1.54, 1.807) is 4.90 Å². The number of hydrogen-bond donors (Lipinski definition) is 1. The van der Waals surface area contributed by atoms with Gasteiger partial charge in [0, 0.05) is 23.9 Å². The molecule has 30 heavy (non-hydrogen) atoms. The Morgan fingerprint density at radius 2 is 1.67 bits per heavy atom. The predicted octanol–water partition coefficient (Wildman–Crippen LogP) is 2.15. The molecule has 0 bridgehead atoms. The molecule has 1 aliphatic rings. The first kappa shape index (κ1) is 19.0.